The number of nitrogens with zero attached hydrogens (tertiary/aromatic N) is 2. The molecule has 10 aromatic rings. The summed E-state index contributed by atoms with van der Waals surface area (Å²) >= 11 is 1.89. The van der Waals surface area contributed by atoms with Gasteiger partial charge in [0, 0.05) is 26.5 Å². The SMILES string of the molecule is c1ccc(-c2nc(-c3ccc(-c4cccc5ccccc45)cc3)cc(-c3cccc4c3Sc3c(ccc5ccccc35)C43c4ccccc4-c4ccccc43)n2)cc1. The first-order valence-electron chi connectivity index (χ1n) is 19.8. The summed E-state index contributed by atoms with van der Waals surface area (Å²) in [5, 5.41) is 5.00. The molecule has 1 aromatic heterocycles. The van der Waals surface area contributed by atoms with E-state index in [1.165, 1.54) is 75.8 Å². The molecule has 12 rings (SSSR count). The molecule has 2 heterocycles. The van der Waals surface area contributed by atoms with Gasteiger partial charge in [-0.25, -0.2) is 9.97 Å². The van der Waals surface area contributed by atoms with Crippen molar-refractivity contribution in [3.05, 3.63) is 229 Å². The molecule has 2 nitrogen and oxygen atoms in total. The van der Waals surface area contributed by atoms with Crippen LogP contribution in [0.15, 0.2) is 216 Å². The zero-order valence-electron chi connectivity index (χ0n) is 31.4. The maximum Gasteiger partial charge on any atom is 0.160 e. The molecule has 0 bridgehead atoms. The topological polar surface area (TPSA) is 25.8 Å². The van der Waals surface area contributed by atoms with Gasteiger partial charge < -0.3 is 0 Å². The summed E-state index contributed by atoms with van der Waals surface area (Å²) in [6.45, 7) is 0. The van der Waals surface area contributed by atoms with Gasteiger partial charge in [-0.2, -0.15) is 0 Å². The summed E-state index contributed by atoms with van der Waals surface area (Å²) in [6, 6.07) is 74.9. The van der Waals surface area contributed by atoms with Crippen LogP contribution in [0.25, 0.3) is 77.7 Å². The molecule has 9 aromatic carbocycles. The Labute approximate surface area is 341 Å². The van der Waals surface area contributed by atoms with Crippen molar-refractivity contribution in [2.24, 2.45) is 0 Å². The molecule has 0 amide bonds. The molecule has 58 heavy (non-hydrogen) atoms. The third kappa shape index (κ3) is 4.87. The van der Waals surface area contributed by atoms with Gasteiger partial charge in [-0.1, -0.05) is 212 Å². The smallest absolute Gasteiger partial charge is 0.160 e. The predicted octanol–water partition coefficient (Wildman–Crippen LogP) is 14.3. The molecule has 3 heteroatoms. The molecule has 0 radical (unpaired) electrons. The van der Waals surface area contributed by atoms with E-state index >= 15 is 0 Å². The molecule has 2 aliphatic rings. The van der Waals surface area contributed by atoms with E-state index in [-0.39, 0.29) is 0 Å². The Morgan fingerprint density at radius 1 is 0.328 bits per heavy atom. The lowest BCUT2D eigenvalue weighted by Gasteiger charge is -2.40. The molecule has 0 fully saturated rings. The van der Waals surface area contributed by atoms with Crippen molar-refractivity contribution < 1.29 is 0 Å². The Morgan fingerprint density at radius 2 is 0.862 bits per heavy atom. The molecule has 1 aliphatic carbocycles. The van der Waals surface area contributed by atoms with Gasteiger partial charge >= 0.3 is 0 Å². The van der Waals surface area contributed by atoms with Gasteiger partial charge in [0.25, 0.3) is 0 Å². The second-order valence-corrected chi connectivity index (χ2v) is 16.2. The quantitative estimate of drug-likeness (QED) is 0.179. The van der Waals surface area contributed by atoms with Crippen LogP contribution in [0.1, 0.15) is 22.3 Å². The molecule has 0 unspecified atom stereocenters. The van der Waals surface area contributed by atoms with Gasteiger partial charge in [0.2, 0.25) is 0 Å². The Balaban J connectivity index is 1.09. The van der Waals surface area contributed by atoms with Crippen LogP contribution in [-0.2, 0) is 5.41 Å². The number of benzene rings is 9. The van der Waals surface area contributed by atoms with E-state index in [2.05, 4.69) is 200 Å². The number of hydrogen-bond donors (Lipinski definition) is 0. The summed E-state index contributed by atoms with van der Waals surface area (Å²) in [4.78, 5) is 13.2. The van der Waals surface area contributed by atoms with E-state index in [0.717, 1.165) is 28.1 Å². The molecule has 1 aliphatic heterocycles. The van der Waals surface area contributed by atoms with E-state index in [9.17, 15) is 0 Å². The van der Waals surface area contributed by atoms with Crippen LogP contribution in [-0.4, -0.2) is 9.97 Å². The predicted molar refractivity (Wildman–Crippen MR) is 240 cm³/mol. The van der Waals surface area contributed by atoms with E-state index in [1.54, 1.807) is 0 Å². The molecule has 0 atom stereocenters. The standard InChI is InChI=1S/C55H34N2S/c1-2-16-39(17-3-1)54-56-50(38-30-28-37(29-31-38)41-23-12-18-35-14-4-6-19-40(35)41)34-51(57-54)45-24-13-27-48-53(45)58-52-42-20-7-5-15-36(42)32-33-49(52)55(48)46-25-10-8-21-43(46)44-22-9-11-26-47(44)55/h1-34H. The summed E-state index contributed by atoms with van der Waals surface area (Å²) < 4.78 is 0. The van der Waals surface area contributed by atoms with E-state index < -0.39 is 5.41 Å². The van der Waals surface area contributed by atoms with E-state index in [1.807, 2.05) is 17.8 Å². The highest BCUT2D eigenvalue weighted by Gasteiger charge is 2.50. The maximum absolute atomic E-state index is 5.40. The minimum atomic E-state index is -0.501. The van der Waals surface area contributed by atoms with Crippen molar-refractivity contribution in [1.82, 2.24) is 9.97 Å². The van der Waals surface area contributed by atoms with Gasteiger partial charge in [0.1, 0.15) is 0 Å². The van der Waals surface area contributed by atoms with Crippen LogP contribution < -0.4 is 0 Å². The Hall–Kier alpha value is -7.07. The lowest BCUT2D eigenvalue weighted by atomic mass is 9.66. The van der Waals surface area contributed by atoms with Gasteiger partial charge in [-0.05, 0) is 72.1 Å². The first-order valence-corrected chi connectivity index (χ1v) is 20.6. The maximum atomic E-state index is 5.40. The molecule has 0 saturated carbocycles. The molecule has 270 valence electrons. The number of fused-ring (bicyclic) bond motifs is 12. The van der Waals surface area contributed by atoms with Crippen LogP contribution in [0.5, 0.6) is 0 Å². The van der Waals surface area contributed by atoms with Crippen molar-refractivity contribution in [3.63, 3.8) is 0 Å². The van der Waals surface area contributed by atoms with Gasteiger partial charge in [0.15, 0.2) is 5.82 Å². The molecular formula is C55H34N2S. The van der Waals surface area contributed by atoms with Crippen LogP contribution in [0, 0.1) is 0 Å². The van der Waals surface area contributed by atoms with Crippen molar-refractivity contribution in [1.29, 1.82) is 0 Å². The third-order valence-corrected chi connectivity index (χ3v) is 13.5. The van der Waals surface area contributed by atoms with Crippen LogP contribution in [0.2, 0.25) is 0 Å². The van der Waals surface area contributed by atoms with Crippen LogP contribution in [0.4, 0.5) is 0 Å². The van der Waals surface area contributed by atoms with Crippen molar-refractivity contribution in [2.45, 2.75) is 15.2 Å². The van der Waals surface area contributed by atoms with E-state index in [0.29, 0.717) is 5.82 Å². The van der Waals surface area contributed by atoms with Gasteiger partial charge in [-0.15, -0.1) is 0 Å². The monoisotopic (exact) mass is 754 g/mol. The fourth-order valence-electron chi connectivity index (χ4n) is 9.60. The second-order valence-electron chi connectivity index (χ2n) is 15.2. The van der Waals surface area contributed by atoms with Crippen molar-refractivity contribution in [3.8, 4) is 56.2 Å². The summed E-state index contributed by atoms with van der Waals surface area (Å²) in [5.41, 5.74) is 14.7. The normalized spacial score (nSPS) is 13.2. The fourth-order valence-corrected chi connectivity index (χ4v) is 11.0. The minimum absolute atomic E-state index is 0.501. The largest absolute Gasteiger partial charge is 0.228 e. The van der Waals surface area contributed by atoms with Crippen molar-refractivity contribution >= 4 is 33.3 Å². The highest BCUT2D eigenvalue weighted by molar-refractivity contribution is 8.00. The summed E-state index contributed by atoms with van der Waals surface area (Å²) in [7, 11) is 0. The zero-order chi connectivity index (χ0) is 38.2. The highest BCUT2D eigenvalue weighted by atomic mass is 32.2. The highest BCUT2D eigenvalue weighted by Crippen LogP contribution is 2.64. The van der Waals surface area contributed by atoms with Gasteiger partial charge in [-0.3, -0.25) is 0 Å². The summed E-state index contributed by atoms with van der Waals surface area (Å²) in [6.07, 6.45) is 0. The molecule has 0 saturated heterocycles. The minimum Gasteiger partial charge on any atom is -0.228 e. The summed E-state index contributed by atoms with van der Waals surface area (Å²) in [5.74, 6) is 0.710. The Kier molecular flexibility index (Phi) is 7.41. The van der Waals surface area contributed by atoms with E-state index in [4.69, 9.17) is 9.97 Å². The van der Waals surface area contributed by atoms with Crippen LogP contribution >= 0.6 is 11.8 Å². The van der Waals surface area contributed by atoms with Gasteiger partial charge in [0.05, 0.1) is 16.8 Å². The molecule has 0 N–H and O–H groups in total. The Bertz CT molecular complexity index is 3210. The first-order chi connectivity index (χ1) is 28.8. The number of aromatic nitrogens is 2. The van der Waals surface area contributed by atoms with Crippen molar-refractivity contribution in [2.75, 3.05) is 0 Å². The average Bonchev–Trinajstić information content (AvgIpc) is 3.59. The molecule has 1 spiro atoms. The van der Waals surface area contributed by atoms with Crippen LogP contribution in [0.3, 0.4) is 0 Å². The number of rotatable bonds is 4. The first kappa shape index (κ1) is 33.1. The Morgan fingerprint density at radius 3 is 1.64 bits per heavy atom. The number of hydrogen-bond acceptors (Lipinski definition) is 3. The zero-order valence-corrected chi connectivity index (χ0v) is 32.2. The lowest BCUT2D eigenvalue weighted by Crippen LogP contribution is -2.32. The fraction of sp³-hybridized carbons (Fsp3) is 0.0182. The lowest BCUT2D eigenvalue weighted by molar-refractivity contribution is 0.726. The molecular weight excluding hydrogens is 721 g/mol. The second kappa shape index (κ2) is 13.0. The third-order valence-electron chi connectivity index (χ3n) is 12.2. The average molecular weight is 755 g/mol.